The van der Waals surface area contributed by atoms with Gasteiger partial charge in [0.25, 0.3) is 5.91 Å². The van der Waals surface area contributed by atoms with Gasteiger partial charge in [-0.25, -0.2) is 0 Å². The van der Waals surface area contributed by atoms with E-state index in [9.17, 15) is 14.4 Å². The van der Waals surface area contributed by atoms with Gasteiger partial charge in [-0.2, -0.15) is 11.8 Å². The molecule has 3 N–H and O–H groups in total. The Labute approximate surface area is 168 Å². The van der Waals surface area contributed by atoms with Crippen molar-refractivity contribution in [3.8, 4) is 0 Å². The molecule has 0 saturated carbocycles. The molecule has 2 unspecified atom stereocenters. The third-order valence-electron chi connectivity index (χ3n) is 6.46. The van der Waals surface area contributed by atoms with Crippen molar-refractivity contribution in [1.82, 2.24) is 20.9 Å². The number of hydrogen-bond acceptors (Lipinski definition) is 6. The maximum atomic E-state index is 13.2. The normalized spacial score (nSPS) is 28.4. The smallest absolute Gasteiger partial charge is 0.255 e. The lowest BCUT2D eigenvalue weighted by Gasteiger charge is -2.43. The minimum atomic E-state index is -0.561. The Kier molecular flexibility index (Phi) is 4.45. The summed E-state index contributed by atoms with van der Waals surface area (Å²) in [4.78, 5) is 38.4. The second-order valence-electron chi connectivity index (χ2n) is 8.09. The molecule has 4 heterocycles. The van der Waals surface area contributed by atoms with Gasteiger partial charge in [-0.15, -0.1) is 0 Å². The summed E-state index contributed by atoms with van der Waals surface area (Å²) in [5.41, 5.74) is 2.69. The molecule has 0 bridgehead atoms. The standard InChI is InChI=1S/C20H24N4O3S/c25-16-5-4-14(18(26)23-16)24-9-13-3-1-2-12(17(13)19(24)27)8-22-15-6-7-28-20(15)10-21-11-20/h1-3,14-15,21-22H,4-11H2,(H,23,25,26). The van der Waals surface area contributed by atoms with Gasteiger partial charge in [0.1, 0.15) is 6.04 Å². The van der Waals surface area contributed by atoms with Gasteiger partial charge in [-0.1, -0.05) is 18.2 Å². The monoisotopic (exact) mass is 400 g/mol. The highest BCUT2D eigenvalue weighted by molar-refractivity contribution is 8.01. The molecule has 1 aromatic carbocycles. The van der Waals surface area contributed by atoms with E-state index in [2.05, 4.69) is 16.0 Å². The molecular weight excluding hydrogens is 376 g/mol. The van der Waals surface area contributed by atoms with Crippen LogP contribution in [0.5, 0.6) is 0 Å². The van der Waals surface area contributed by atoms with Crippen molar-refractivity contribution in [1.29, 1.82) is 0 Å². The van der Waals surface area contributed by atoms with Gasteiger partial charge in [-0.3, -0.25) is 19.7 Å². The highest BCUT2D eigenvalue weighted by Gasteiger charge is 2.48. The van der Waals surface area contributed by atoms with Crippen LogP contribution in [-0.2, 0) is 22.7 Å². The molecule has 3 amide bonds. The van der Waals surface area contributed by atoms with Crippen LogP contribution in [0, 0.1) is 0 Å². The predicted molar refractivity (Wildman–Crippen MR) is 106 cm³/mol. The van der Waals surface area contributed by atoms with Crippen LogP contribution in [0.2, 0.25) is 0 Å². The van der Waals surface area contributed by atoms with Crippen LogP contribution < -0.4 is 16.0 Å². The van der Waals surface area contributed by atoms with Crippen molar-refractivity contribution >= 4 is 29.5 Å². The van der Waals surface area contributed by atoms with E-state index in [1.165, 1.54) is 5.75 Å². The van der Waals surface area contributed by atoms with Crippen LogP contribution in [0.25, 0.3) is 0 Å². The van der Waals surface area contributed by atoms with Crippen LogP contribution in [0.4, 0.5) is 0 Å². The van der Waals surface area contributed by atoms with E-state index >= 15 is 0 Å². The molecule has 5 rings (SSSR count). The van der Waals surface area contributed by atoms with Gasteiger partial charge >= 0.3 is 0 Å². The third-order valence-corrected chi connectivity index (χ3v) is 8.05. The Hall–Kier alpha value is -1.90. The van der Waals surface area contributed by atoms with Gasteiger partial charge in [0.05, 0.1) is 4.75 Å². The molecule has 3 saturated heterocycles. The molecule has 1 aromatic rings. The lowest BCUT2D eigenvalue weighted by atomic mass is 9.91. The van der Waals surface area contributed by atoms with Crippen LogP contribution in [0.15, 0.2) is 18.2 Å². The van der Waals surface area contributed by atoms with Crippen molar-refractivity contribution in [3.05, 3.63) is 34.9 Å². The summed E-state index contributed by atoms with van der Waals surface area (Å²) in [7, 11) is 0. The second-order valence-corrected chi connectivity index (χ2v) is 9.60. The molecule has 1 spiro atoms. The van der Waals surface area contributed by atoms with E-state index in [0.29, 0.717) is 30.3 Å². The quantitative estimate of drug-likeness (QED) is 0.634. The lowest BCUT2D eigenvalue weighted by Crippen LogP contribution is -2.64. The molecule has 148 valence electrons. The number of imide groups is 1. The van der Waals surface area contributed by atoms with Crippen LogP contribution in [0.1, 0.15) is 40.7 Å². The number of benzene rings is 1. The minimum absolute atomic E-state index is 0.0947. The second kappa shape index (κ2) is 6.86. The predicted octanol–water partition coefficient (Wildman–Crippen LogP) is 0.385. The number of fused-ring (bicyclic) bond motifs is 1. The van der Waals surface area contributed by atoms with E-state index in [4.69, 9.17) is 0 Å². The van der Waals surface area contributed by atoms with Gasteiger partial charge in [0.2, 0.25) is 11.8 Å². The maximum absolute atomic E-state index is 13.2. The zero-order chi connectivity index (χ0) is 19.3. The maximum Gasteiger partial charge on any atom is 0.255 e. The minimum Gasteiger partial charge on any atom is -0.322 e. The van der Waals surface area contributed by atoms with Gasteiger partial charge in [0.15, 0.2) is 0 Å². The number of carbonyl (C=O) groups excluding carboxylic acids is 3. The van der Waals surface area contributed by atoms with Crippen LogP contribution >= 0.6 is 11.8 Å². The van der Waals surface area contributed by atoms with E-state index < -0.39 is 6.04 Å². The molecule has 8 heteroatoms. The Morgan fingerprint density at radius 1 is 1.21 bits per heavy atom. The SMILES string of the molecule is O=C1CCC(N2Cc3cccc(CNC4CCSC45CNC5)c3C2=O)C(=O)N1. The number of nitrogens with one attached hydrogen (secondary N) is 3. The first-order valence-corrected chi connectivity index (χ1v) is 10.9. The summed E-state index contributed by atoms with van der Waals surface area (Å²) < 4.78 is 0.306. The zero-order valence-electron chi connectivity index (χ0n) is 15.6. The molecular formula is C20H24N4O3S. The Morgan fingerprint density at radius 2 is 2.07 bits per heavy atom. The number of hydrogen-bond donors (Lipinski definition) is 3. The van der Waals surface area contributed by atoms with E-state index in [1.54, 1.807) is 4.90 Å². The lowest BCUT2D eigenvalue weighted by molar-refractivity contribution is -0.136. The topological polar surface area (TPSA) is 90.5 Å². The highest BCUT2D eigenvalue weighted by Crippen LogP contribution is 2.41. The van der Waals surface area contributed by atoms with Crippen LogP contribution in [-0.4, -0.2) is 58.3 Å². The van der Waals surface area contributed by atoms with Crippen molar-refractivity contribution < 1.29 is 14.4 Å². The summed E-state index contributed by atoms with van der Waals surface area (Å²) in [6.45, 7) is 3.18. The fourth-order valence-corrected chi connectivity index (χ4v) is 6.39. The van der Waals surface area contributed by atoms with Gasteiger partial charge < -0.3 is 15.5 Å². The average Bonchev–Trinajstić information content (AvgIpc) is 3.22. The van der Waals surface area contributed by atoms with Gasteiger partial charge in [-0.05, 0) is 29.7 Å². The fraction of sp³-hybridized carbons (Fsp3) is 0.550. The molecule has 0 radical (unpaired) electrons. The molecule has 0 aliphatic carbocycles. The highest BCUT2D eigenvalue weighted by atomic mass is 32.2. The van der Waals surface area contributed by atoms with Crippen LogP contribution in [0.3, 0.4) is 0 Å². The largest absolute Gasteiger partial charge is 0.322 e. The summed E-state index contributed by atoms with van der Waals surface area (Å²) in [5.74, 6) is 0.459. The number of carbonyl (C=O) groups is 3. The first-order chi connectivity index (χ1) is 13.6. The molecule has 0 aromatic heterocycles. The Balaban J connectivity index is 1.33. The number of amides is 3. The van der Waals surface area contributed by atoms with Crippen molar-refractivity contribution in [3.63, 3.8) is 0 Å². The number of nitrogens with zero attached hydrogens (tertiary/aromatic N) is 1. The number of thioether (sulfide) groups is 1. The van der Waals surface area contributed by atoms with E-state index in [-0.39, 0.29) is 24.1 Å². The first kappa shape index (κ1) is 18.1. The third kappa shape index (κ3) is 2.86. The van der Waals surface area contributed by atoms with E-state index in [0.717, 1.165) is 36.2 Å². The fourth-order valence-electron chi connectivity index (χ4n) is 4.82. The summed E-state index contributed by atoms with van der Waals surface area (Å²) in [6, 6.07) is 5.85. The van der Waals surface area contributed by atoms with E-state index in [1.807, 2.05) is 30.0 Å². The van der Waals surface area contributed by atoms with Crippen molar-refractivity contribution in [2.75, 3.05) is 18.8 Å². The molecule has 3 fully saturated rings. The first-order valence-electron chi connectivity index (χ1n) is 9.91. The number of rotatable bonds is 4. The van der Waals surface area contributed by atoms with Crippen molar-refractivity contribution in [2.24, 2.45) is 0 Å². The molecule has 4 aliphatic heterocycles. The zero-order valence-corrected chi connectivity index (χ0v) is 16.4. The molecule has 28 heavy (non-hydrogen) atoms. The van der Waals surface area contributed by atoms with Gasteiger partial charge in [0, 0.05) is 44.2 Å². The number of piperidine rings is 1. The molecule has 2 atom stereocenters. The summed E-state index contributed by atoms with van der Waals surface area (Å²) in [5, 5.41) is 9.44. The Bertz CT molecular complexity index is 854. The Morgan fingerprint density at radius 3 is 2.82 bits per heavy atom. The summed E-state index contributed by atoms with van der Waals surface area (Å²) >= 11 is 2.05. The molecule has 4 aliphatic rings. The van der Waals surface area contributed by atoms with Crippen molar-refractivity contribution in [2.45, 2.75) is 49.2 Å². The average molecular weight is 401 g/mol. The molecule has 7 nitrogen and oxygen atoms in total. The summed E-state index contributed by atoms with van der Waals surface area (Å²) in [6.07, 6.45) is 1.82.